The van der Waals surface area contributed by atoms with E-state index in [-0.39, 0.29) is 37.7 Å². The van der Waals surface area contributed by atoms with Crippen molar-refractivity contribution in [3.63, 3.8) is 0 Å². The van der Waals surface area contributed by atoms with Gasteiger partial charge in [-0.25, -0.2) is 4.79 Å². The molecular formula is C21H27N2O7+. The van der Waals surface area contributed by atoms with Crippen molar-refractivity contribution in [2.24, 2.45) is 0 Å². The van der Waals surface area contributed by atoms with E-state index in [4.69, 9.17) is 0 Å². The van der Waals surface area contributed by atoms with Gasteiger partial charge in [0.1, 0.15) is 18.0 Å². The zero-order valence-electron chi connectivity index (χ0n) is 16.4. The third-order valence-electron chi connectivity index (χ3n) is 4.79. The van der Waals surface area contributed by atoms with Gasteiger partial charge in [-0.05, 0) is 18.2 Å². The summed E-state index contributed by atoms with van der Waals surface area (Å²) in [6.07, 6.45) is 0. The van der Waals surface area contributed by atoms with Crippen LogP contribution in [0.3, 0.4) is 0 Å². The van der Waals surface area contributed by atoms with Crippen molar-refractivity contribution in [2.45, 2.75) is 19.1 Å². The van der Waals surface area contributed by atoms with Crippen LogP contribution in [0.15, 0.2) is 48.5 Å². The highest BCUT2D eigenvalue weighted by Gasteiger charge is 2.27. The van der Waals surface area contributed by atoms with E-state index in [1.807, 2.05) is 0 Å². The average Bonchev–Trinajstić information content (AvgIpc) is 2.68. The van der Waals surface area contributed by atoms with Crippen LogP contribution in [0, 0.1) is 0 Å². The van der Waals surface area contributed by atoms with Crippen molar-refractivity contribution in [1.82, 2.24) is 4.90 Å². The number of aliphatic carboxylic acids is 2. The number of benzene rings is 2. The number of phenolic OH excluding ortho intramolecular Hbond substituents is 2. The Bertz CT molecular complexity index is 859. The molecule has 9 nitrogen and oxygen atoms in total. The molecule has 9 heteroatoms. The summed E-state index contributed by atoms with van der Waals surface area (Å²) in [6, 6.07) is 12.4. The summed E-state index contributed by atoms with van der Waals surface area (Å²) in [4.78, 5) is 24.8. The van der Waals surface area contributed by atoms with Gasteiger partial charge in [0.15, 0.2) is 6.54 Å². The number of aromatic hydroxyl groups is 2. The summed E-state index contributed by atoms with van der Waals surface area (Å²) in [7, 11) is 0. The summed E-state index contributed by atoms with van der Waals surface area (Å²) in [5.74, 6) is -2.11. The van der Waals surface area contributed by atoms with Crippen LogP contribution in [0.2, 0.25) is 0 Å². The SMILES string of the molecule is O=C(O)CN(Cc1ccccc1O)C(CO)C[NH+](CC(=O)O)Cc1ccccc1O. The van der Waals surface area contributed by atoms with E-state index in [0.717, 1.165) is 0 Å². The fourth-order valence-corrected chi connectivity index (χ4v) is 3.34. The maximum atomic E-state index is 11.4. The molecule has 0 heterocycles. The number of aliphatic hydroxyl groups excluding tert-OH is 1. The second kappa shape index (κ2) is 11.1. The van der Waals surface area contributed by atoms with Crippen LogP contribution < -0.4 is 4.90 Å². The lowest BCUT2D eigenvalue weighted by Gasteiger charge is -2.31. The highest BCUT2D eigenvalue weighted by Crippen LogP contribution is 2.19. The van der Waals surface area contributed by atoms with Crippen LogP contribution in [-0.2, 0) is 22.7 Å². The van der Waals surface area contributed by atoms with Gasteiger partial charge in [0.25, 0.3) is 0 Å². The van der Waals surface area contributed by atoms with E-state index in [1.165, 1.54) is 17.0 Å². The van der Waals surface area contributed by atoms with Crippen LogP contribution in [-0.4, -0.2) is 74.7 Å². The molecule has 0 aromatic heterocycles. The Kier molecular flexibility index (Phi) is 8.60. The van der Waals surface area contributed by atoms with Gasteiger partial charge in [0, 0.05) is 17.7 Å². The molecule has 2 aromatic rings. The number of carbonyl (C=O) groups is 2. The Morgan fingerprint density at radius 3 is 1.97 bits per heavy atom. The van der Waals surface area contributed by atoms with Crippen molar-refractivity contribution in [3.05, 3.63) is 59.7 Å². The molecule has 0 aliphatic heterocycles. The predicted molar refractivity (Wildman–Crippen MR) is 107 cm³/mol. The van der Waals surface area contributed by atoms with Gasteiger partial charge in [-0.3, -0.25) is 9.69 Å². The zero-order valence-corrected chi connectivity index (χ0v) is 16.4. The largest absolute Gasteiger partial charge is 0.508 e. The fraction of sp³-hybridized carbons (Fsp3) is 0.333. The molecule has 0 amide bonds. The monoisotopic (exact) mass is 419 g/mol. The standard InChI is InChI=1S/C21H26N2O7/c24-14-17(23(13-21(29)30)10-16-6-2-4-8-19(16)26)11-22(12-20(27)28)9-15-5-1-3-7-18(15)25/h1-8,17,24-26H,9-14H2,(H,27,28)(H,29,30)/p+1. The topological polar surface area (TPSA) is 143 Å². The molecule has 2 rings (SSSR count). The van der Waals surface area contributed by atoms with E-state index in [9.17, 15) is 35.1 Å². The number of para-hydroxylation sites is 2. The van der Waals surface area contributed by atoms with Crippen LogP contribution in [0.25, 0.3) is 0 Å². The van der Waals surface area contributed by atoms with Gasteiger partial charge in [-0.1, -0.05) is 30.3 Å². The number of nitrogens with one attached hydrogen (secondary N) is 1. The average molecular weight is 419 g/mol. The Morgan fingerprint density at radius 2 is 1.47 bits per heavy atom. The van der Waals surface area contributed by atoms with Crippen molar-refractivity contribution < 1.29 is 40.0 Å². The summed E-state index contributed by atoms with van der Waals surface area (Å²) in [5.41, 5.74) is 1.05. The summed E-state index contributed by atoms with van der Waals surface area (Å²) in [5, 5.41) is 48.6. The van der Waals surface area contributed by atoms with Gasteiger partial charge in [0.2, 0.25) is 0 Å². The van der Waals surface area contributed by atoms with Gasteiger partial charge in [0.05, 0.1) is 25.7 Å². The van der Waals surface area contributed by atoms with Gasteiger partial charge < -0.3 is 30.4 Å². The molecular weight excluding hydrogens is 392 g/mol. The highest BCUT2D eigenvalue weighted by atomic mass is 16.4. The minimum Gasteiger partial charge on any atom is -0.508 e. The minimum atomic E-state index is -1.11. The van der Waals surface area contributed by atoms with Gasteiger partial charge >= 0.3 is 11.9 Å². The molecule has 6 N–H and O–H groups in total. The molecule has 0 aliphatic carbocycles. The van der Waals surface area contributed by atoms with Crippen LogP contribution in [0.1, 0.15) is 11.1 Å². The van der Waals surface area contributed by atoms with Crippen molar-refractivity contribution in [2.75, 3.05) is 26.2 Å². The second-order valence-electron chi connectivity index (χ2n) is 7.09. The van der Waals surface area contributed by atoms with E-state index >= 15 is 0 Å². The predicted octanol–water partition coefficient (Wildman–Crippen LogP) is -0.485. The fourth-order valence-electron chi connectivity index (χ4n) is 3.34. The molecule has 2 aromatic carbocycles. The van der Waals surface area contributed by atoms with E-state index in [1.54, 1.807) is 36.4 Å². The Morgan fingerprint density at radius 1 is 0.900 bits per heavy atom. The molecule has 0 bridgehead atoms. The van der Waals surface area contributed by atoms with Gasteiger partial charge in [-0.15, -0.1) is 0 Å². The Hall–Kier alpha value is -3.14. The third kappa shape index (κ3) is 7.03. The lowest BCUT2D eigenvalue weighted by molar-refractivity contribution is -0.908. The minimum absolute atomic E-state index is 0.00789. The Labute approximate surface area is 174 Å². The molecule has 0 spiro atoms. The van der Waals surface area contributed by atoms with Crippen molar-refractivity contribution >= 4 is 11.9 Å². The molecule has 0 saturated heterocycles. The molecule has 2 unspecified atom stereocenters. The maximum Gasteiger partial charge on any atom is 0.359 e. The van der Waals surface area contributed by atoms with Crippen LogP contribution >= 0.6 is 0 Å². The van der Waals surface area contributed by atoms with E-state index < -0.39 is 31.1 Å². The molecule has 0 aliphatic rings. The molecule has 0 radical (unpaired) electrons. The first-order chi connectivity index (χ1) is 14.3. The summed E-state index contributed by atoms with van der Waals surface area (Å²) < 4.78 is 0. The van der Waals surface area contributed by atoms with Gasteiger partial charge in [-0.2, -0.15) is 0 Å². The first-order valence-electron chi connectivity index (χ1n) is 9.46. The number of nitrogens with zero attached hydrogens (tertiary/aromatic N) is 1. The van der Waals surface area contributed by atoms with E-state index in [2.05, 4.69) is 0 Å². The van der Waals surface area contributed by atoms with Crippen molar-refractivity contribution in [1.29, 1.82) is 0 Å². The quantitative estimate of drug-likeness (QED) is 0.271. The Balaban J connectivity index is 2.23. The van der Waals surface area contributed by atoms with E-state index in [0.29, 0.717) is 16.0 Å². The number of rotatable bonds is 12. The first kappa shape index (κ1) is 23.1. The first-order valence-corrected chi connectivity index (χ1v) is 9.46. The zero-order chi connectivity index (χ0) is 22.1. The number of aliphatic hydroxyl groups is 1. The number of carboxylic acid groups (broad SMARTS) is 2. The lowest BCUT2D eigenvalue weighted by Crippen LogP contribution is -3.13. The second-order valence-corrected chi connectivity index (χ2v) is 7.09. The molecule has 0 fully saturated rings. The lowest BCUT2D eigenvalue weighted by atomic mass is 10.1. The number of quaternary nitrogens is 1. The van der Waals surface area contributed by atoms with Crippen molar-refractivity contribution in [3.8, 4) is 11.5 Å². The smallest absolute Gasteiger partial charge is 0.359 e. The third-order valence-corrected chi connectivity index (χ3v) is 4.79. The maximum absolute atomic E-state index is 11.4. The molecule has 0 saturated carbocycles. The molecule has 2 atom stereocenters. The summed E-state index contributed by atoms with van der Waals surface area (Å²) in [6.45, 7) is -0.685. The number of hydrogen-bond donors (Lipinski definition) is 6. The number of phenols is 2. The van der Waals surface area contributed by atoms with Crippen LogP contribution in [0.5, 0.6) is 11.5 Å². The molecule has 30 heavy (non-hydrogen) atoms. The normalized spacial score (nSPS) is 13.1. The van der Waals surface area contributed by atoms with Crippen LogP contribution in [0.4, 0.5) is 0 Å². The summed E-state index contributed by atoms with van der Waals surface area (Å²) >= 11 is 0. The number of hydrogen-bond acceptors (Lipinski definition) is 6. The number of carboxylic acids is 2. The molecule has 162 valence electrons. The highest BCUT2D eigenvalue weighted by molar-refractivity contribution is 5.69.